The number of phenolic OH excluding ortho intramolecular Hbond substituents is 1. The summed E-state index contributed by atoms with van der Waals surface area (Å²) < 4.78 is 0. The summed E-state index contributed by atoms with van der Waals surface area (Å²) in [5, 5.41) is 39.1. The molecule has 2 unspecified atom stereocenters. The van der Waals surface area contributed by atoms with Crippen molar-refractivity contribution < 1.29 is 67.7 Å². The van der Waals surface area contributed by atoms with E-state index in [2.05, 4.69) is 56.4 Å². The van der Waals surface area contributed by atoms with Crippen molar-refractivity contribution in [2.75, 3.05) is 26.2 Å². The molecule has 2 aliphatic rings. The summed E-state index contributed by atoms with van der Waals surface area (Å²) in [6.45, 7) is 2.19. The van der Waals surface area contributed by atoms with Gasteiger partial charge in [-0.3, -0.25) is 57.5 Å². The Morgan fingerprint density at radius 1 is 0.605 bits per heavy atom. The molecule has 1 aromatic carbocycles. The Kier molecular flexibility index (Phi) is 27.2. The van der Waals surface area contributed by atoms with Gasteiger partial charge in [0.15, 0.2) is 0 Å². The maximum Gasteiger partial charge on any atom is 0.245 e. The van der Waals surface area contributed by atoms with E-state index in [1.54, 1.807) is 0 Å². The van der Waals surface area contributed by atoms with E-state index in [-0.39, 0.29) is 38.0 Å². The molecule has 12 amide bonds. The van der Waals surface area contributed by atoms with Gasteiger partial charge in [0.05, 0.1) is 39.0 Å². The molecular weight excluding hydrogens is 993 g/mol. The zero-order valence-electron chi connectivity index (χ0n) is 43.5. The number of carbonyl (C=O) groups excluding carboxylic acids is 12. The van der Waals surface area contributed by atoms with Gasteiger partial charge in [0.1, 0.15) is 42.0 Å². The minimum atomic E-state index is -1.94. The third-order valence-corrected chi connectivity index (χ3v) is 13.2. The van der Waals surface area contributed by atoms with Crippen LogP contribution in [-0.2, 0) is 64.0 Å². The maximum absolute atomic E-state index is 14.1. The predicted molar refractivity (Wildman–Crippen MR) is 273 cm³/mol. The zero-order chi connectivity index (χ0) is 56.3. The number of aliphatic hydroxyl groups excluding tert-OH is 1. The van der Waals surface area contributed by atoms with Gasteiger partial charge in [0.25, 0.3) is 0 Å². The first kappa shape index (κ1) is 62.9. The number of unbranched alkanes of at least 4 members (excludes halogenated alkanes) is 7. The molecule has 2 saturated heterocycles. The van der Waals surface area contributed by atoms with Crippen molar-refractivity contribution in [3.05, 3.63) is 29.8 Å². The lowest BCUT2D eigenvalue weighted by Crippen LogP contribution is -2.61. The van der Waals surface area contributed by atoms with Crippen molar-refractivity contribution in [3.63, 3.8) is 0 Å². The fraction of sp³-hybridized carbons (Fsp3) is 0.640. The number of carbonyl (C=O) groups is 12. The number of benzene rings is 1. The fourth-order valence-corrected chi connectivity index (χ4v) is 8.69. The van der Waals surface area contributed by atoms with E-state index in [0.717, 1.165) is 44.9 Å². The highest BCUT2D eigenvalue weighted by atomic mass is 16.3. The molecule has 0 aliphatic carbocycles. The Morgan fingerprint density at radius 2 is 1.07 bits per heavy atom. The molecule has 2 aliphatic heterocycles. The number of aromatic hydroxyl groups is 1. The number of rotatable bonds is 21. The molecule has 16 N–H and O–H groups in total. The molecule has 0 radical (unpaired) electrons. The van der Waals surface area contributed by atoms with Crippen LogP contribution in [-0.4, -0.2) is 155 Å². The van der Waals surface area contributed by atoms with E-state index in [1.807, 2.05) is 0 Å². The Balaban J connectivity index is 1.95. The average molecular weight is 1070 g/mol. The van der Waals surface area contributed by atoms with Crippen LogP contribution in [0.2, 0.25) is 0 Å². The van der Waals surface area contributed by atoms with Crippen LogP contribution in [0.5, 0.6) is 5.75 Å². The van der Waals surface area contributed by atoms with Gasteiger partial charge in [-0.05, 0) is 42.9 Å². The van der Waals surface area contributed by atoms with Gasteiger partial charge in [0.2, 0.25) is 70.9 Å². The van der Waals surface area contributed by atoms with Crippen molar-refractivity contribution in [2.45, 2.75) is 172 Å². The number of primary amides is 3. The number of fused-ring (bicyclic) bond motifs is 1. The van der Waals surface area contributed by atoms with Crippen LogP contribution in [0.1, 0.15) is 129 Å². The highest BCUT2D eigenvalue weighted by molar-refractivity contribution is 6.00. The van der Waals surface area contributed by atoms with Crippen LogP contribution in [0.15, 0.2) is 24.3 Å². The number of nitrogens with one attached hydrogen (secondary N) is 8. The van der Waals surface area contributed by atoms with E-state index in [9.17, 15) is 67.7 Å². The van der Waals surface area contributed by atoms with Gasteiger partial charge in [-0.1, -0.05) is 90.2 Å². The molecular formula is C50H78N12O14. The lowest BCUT2D eigenvalue weighted by atomic mass is 9.99. The molecule has 0 saturated carbocycles. The van der Waals surface area contributed by atoms with Gasteiger partial charge in [0, 0.05) is 25.4 Å². The Morgan fingerprint density at radius 3 is 1.59 bits per heavy atom. The summed E-state index contributed by atoms with van der Waals surface area (Å²) >= 11 is 0. The quantitative estimate of drug-likeness (QED) is 0.0548. The molecule has 76 heavy (non-hydrogen) atoms. The number of nitrogens with two attached hydrogens (primary N) is 3. The van der Waals surface area contributed by atoms with Crippen molar-refractivity contribution in [2.24, 2.45) is 23.1 Å². The molecule has 1 aromatic rings. The van der Waals surface area contributed by atoms with E-state index in [0.29, 0.717) is 24.3 Å². The second-order valence-electron chi connectivity index (χ2n) is 19.5. The van der Waals surface area contributed by atoms with Gasteiger partial charge in [-0.15, -0.1) is 0 Å². The lowest BCUT2D eigenvalue weighted by molar-refractivity contribution is -0.140. The summed E-state index contributed by atoms with van der Waals surface area (Å²) in [6.07, 6.45) is 7.46. The fourth-order valence-electron chi connectivity index (χ4n) is 8.69. The standard InChI is InChI=1S/C50H78N12O14/c1-3-29(2)13-10-8-6-4-5-7-9-11-14-31-22-42(68)54-26-43(69)55-27-44(70)62-20-12-15-38(62)50(76)60-33(21-30-16-18-32(64)19-17-30)46(72)57-35(24-40(52)66)47(73)58-36(25-41(53)67)48(74)61-37(28-63)49(75)59-34(23-39(51)65)45(71)56-31/h16-19,29,31,33-38,63-64H,3-15,20-28H2,1-2H3,(H2,51,65)(H2,52,66)(H2,53,67)(H,54,68)(H,55,69)(H,56,71)(H,57,72)(H,58,73)(H,59,75)(H,60,76)(H,61,74)/t29?,31?,33-,34+,35-,36-,37-,38+/m1/s1. The summed E-state index contributed by atoms with van der Waals surface area (Å²) in [6, 6.07) is -5.56. The number of hydrogen-bond donors (Lipinski definition) is 13. The number of aliphatic hydroxyl groups is 1. The predicted octanol–water partition coefficient (Wildman–Crippen LogP) is -2.96. The van der Waals surface area contributed by atoms with E-state index >= 15 is 0 Å². The van der Waals surface area contributed by atoms with Crippen molar-refractivity contribution >= 4 is 70.9 Å². The topological polar surface area (TPSA) is 423 Å². The first-order valence-electron chi connectivity index (χ1n) is 26.0. The molecule has 0 aromatic heterocycles. The van der Waals surface area contributed by atoms with E-state index in [4.69, 9.17) is 17.2 Å². The van der Waals surface area contributed by atoms with Gasteiger partial charge < -0.3 is 74.8 Å². The minimum absolute atomic E-state index is 0.0912. The van der Waals surface area contributed by atoms with Crippen molar-refractivity contribution in [1.29, 1.82) is 0 Å². The summed E-state index contributed by atoms with van der Waals surface area (Å²) in [5.74, 6) is -11.6. The van der Waals surface area contributed by atoms with Crippen LogP contribution < -0.4 is 59.7 Å². The number of nitrogens with zero attached hydrogens (tertiary/aromatic N) is 1. The molecule has 26 heteroatoms. The molecule has 26 nitrogen and oxygen atoms in total. The third-order valence-electron chi connectivity index (χ3n) is 13.2. The second-order valence-corrected chi connectivity index (χ2v) is 19.5. The minimum Gasteiger partial charge on any atom is -0.508 e. The van der Waals surface area contributed by atoms with Gasteiger partial charge in [-0.25, -0.2) is 0 Å². The summed E-state index contributed by atoms with van der Waals surface area (Å²) in [4.78, 5) is 161. The second kappa shape index (κ2) is 32.8. The molecule has 2 heterocycles. The van der Waals surface area contributed by atoms with E-state index in [1.165, 1.54) is 42.0 Å². The van der Waals surface area contributed by atoms with Crippen LogP contribution >= 0.6 is 0 Å². The molecule has 0 bridgehead atoms. The third kappa shape index (κ3) is 23.0. The molecule has 8 atom stereocenters. The first-order valence-corrected chi connectivity index (χ1v) is 26.0. The Bertz CT molecular complexity index is 2200. The highest BCUT2D eigenvalue weighted by Crippen LogP contribution is 2.20. The van der Waals surface area contributed by atoms with Gasteiger partial charge in [-0.2, -0.15) is 0 Å². The van der Waals surface area contributed by atoms with Crippen LogP contribution in [0.3, 0.4) is 0 Å². The number of hydrogen-bond acceptors (Lipinski definition) is 14. The SMILES string of the molecule is CCC(C)CCCCCCCCCCC1CC(=O)NCC(=O)NCC(=O)N2CCC[C@H]2C(=O)N[C@H](Cc2ccc(O)cc2)C(=O)N[C@H](CC(N)=O)C(=O)N[C@H](CC(N)=O)C(=O)N[C@H](CO)C(=O)N[C@@H](CC(N)=O)C(=O)N1. The smallest absolute Gasteiger partial charge is 0.245 e. The molecule has 422 valence electrons. The molecule has 0 spiro atoms. The van der Waals surface area contributed by atoms with E-state index < -0.39 is 152 Å². The van der Waals surface area contributed by atoms with Crippen LogP contribution in [0.25, 0.3) is 0 Å². The first-order chi connectivity index (χ1) is 36.1. The normalized spacial score (nSPS) is 23.6. The average Bonchev–Trinajstić information content (AvgIpc) is 3.86. The lowest BCUT2D eigenvalue weighted by Gasteiger charge is -2.28. The van der Waals surface area contributed by atoms with Crippen molar-refractivity contribution in [1.82, 2.24) is 47.4 Å². The highest BCUT2D eigenvalue weighted by Gasteiger charge is 2.38. The van der Waals surface area contributed by atoms with Crippen molar-refractivity contribution in [3.8, 4) is 5.75 Å². The molecule has 3 rings (SSSR count). The molecule has 2 fully saturated rings. The monoisotopic (exact) mass is 1070 g/mol. The number of phenols is 1. The van der Waals surface area contributed by atoms with Crippen LogP contribution in [0, 0.1) is 5.92 Å². The Hall–Kier alpha value is -7.38. The number of amides is 12. The Labute approximate surface area is 441 Å². The van der Waals surface area contributed by atoms with Gasteiger partial charge >= 0.3 is 0 Å². The summed E-state index contributed by atoms with van der Waals surface area (Å²) in [5.41, 5.74) is 16.7. The summed E-state index contributed by atoms with van der Waals surface area (Å²) in [7, 11) is 0. The largest absolute Gasteiger partial charge is 0.508 e. The van der Waals surface area contributed by atoms with Crippen LogP contribution in [0.4, 0.5) is 0 Å². The zero-order valence-corrected chi connectivity index (χ0v) is 43.5. The maximum atomic E-state index is 14.1.